The molecule has 2 nitrogen and oxygen atoms in total. The minimum Gasteiger partial charge on any atom is -0.349 e. The summed E-state index contributed by atoms with van der Waals surface area (Å²) in [5.74, 6) is 1.25. The second kappa shape index (κ2) is 2.84. The first kappa shape index (κ1) is 8.04. The van der Waals surface area contributed by atoms with Crippen molar-refractivity contribution in [2.24, 2.45) is 11.8 Å². The molecule has 4 rings (SSSR count). The van der Waals surface area contributed by atoms with Gasteiger partial charge in [0, 0.05) is 5.92 Å². The van der Waals surface area contributed by atoms with Crippen molar-refractivity contribution in [3.8, 4) is 0 Å². The number of rotatable bonds is 1. The highest BCUT2D eigenvalue weighted by atomic mass is 16.2. The smallest absolute Gasteiger partial charge is 0.223 e. The van der Waals surface area contributed by atoms with Crippen LogP contribution in [0.3, 0.4) is 0 Å². The zero-order chi connectivity index (χ0) is 9.54. The van der Waals surface area contributed by atoms with Crippen LogP contribution in [-0.4, -0.2) is 5.91 Å². The zero-order valence-electron chi connectivity index (χ0n) is 7.94. The average Bonchev–Trinajstić information content (AvgIpc) is 2.16. The molecule has 1 saturated carbocycles. The third-order valence-corrected chi connectivity index (χ3v) is 3.47. The topological polar surface area (TPSA) is 29.1 Å². The quantitative estimate of drug-likeness (QED) is 0.714. The first-order chi connectivity index (χ1) is 6.84. The van der Waals surface area contributed by atoms with E-state index in [0.717, 1.165) is 12.8 Å². The molecule has 1 unspecified atom stereocenters. The highest BCUT2D eigenvalue weighted by Crippen LogP contribution is 2.46. The van der Waals surface area contributed by atoms with Crippen molar-refractivity contribution in [2.45, 2.75) is 18.9 Å². The second-order valence-electron chi connectivity index (χ2n) is 4.33. The molecule has 1 atom stereocenters. The first-order valence-corrected chi connectivity index (χ1v) is 5.20. The maximum Gasteiger partial charge on any atom is 0.223 e. The van der Waals surface area contributed by atoms with Crippen molar-refractivity contribution in [3.63, 3.8) is 0 Å². The maximum absolute atomic E-state index is 11.5. The molecule has 72 valence electrons. The van der Waals surface area contributed by atoms with Crippen LogP contribution < -0.4 is 5.32 Å². The zero-order valence-corrected chi connectivity index (χ0v) is 7.94. The lowest BCUT2D eigenvalue weighted by Crippen LogP contribution is -2.52. The number of carbonyl (C=O) groups excluding carboxylic acids is 1. The van der Waals surface area contributed by atoms with Crippen molar-refractivity contribution in [2.75, 3.05) is 0 Å². The Morgan fingerprint density at radius 3 is 2.50 bits per heavy atom. The summed E-state index contributed by atoms with van der Waals surface area (Å²) in [7, 11) is 0. The summed E-state index contributed by atoms with van der Waals surface area (Å²) in [6, 6.07) is 10.6. The molecular formula is C12H13NO. The van der Waals surface area contributed by atoms with Gasteiger partial charge in [-0.2, -0.15) is 0 Å². The lowest BCUT2D eigenvalue weighted by atomic mass is 9.66. The van der Waals surface area contributed by atoms with E-state index in [1.54, 1.807) is 0 Å². The van der Waals surface area contributed by atoms with E-state index in [0.29, 0.717) is 11.8 Å². The van der Waals surface area contributed by atoms with E-state index in [9.17, 15) is 4.79 Å². The van der Waals surface area contributed by atoms with E-state index < -0.39 is 0 Å². The van der Waals surface area contributed by atoms with Crippen LogP contribution in [0.1, 0.15) is 24.4 Å². The molecule has 2 heteroatoms. The normalized spacial score (nSPS) is 34.6. The van der Waals surface area contributed by atoms with Gasteiger partial charge in [-0.15, -0.1) is 0 Å². The molecule has 1 amide bonds. The Hall–Kier alpha value is -1.31. The molecule has 3 aliphatic rings. The number of hydrogen-bond acceptors (Lipinski definition) is 1. The number of amides is 1. The number of hydrogen-bond donors (Lipinski definition) is 1. The summed E-state index contributed by atoms with van der Waals surface area (Å²) < 4.78 is 0. The molecule has 14 heavy (non-hydrogen) atoms. The molecule has 0 radical (unpaired) electrons. The third-order valence-electron chi connectivity index (χ3n) is 3.47. The Bertz CT molecular complexity index is 354. The fraction of sp³-hybridized carbons (Fsp3) is 0.417. The lowest BCUT2D eigenvalue weighted by Gasteiger charge is -2.46. The highest BCUT2D eigenvalue weighted by Gasteiger charge is 2.45. The second-order valence-corrected chi connectivity index (χ2v) is 4.33. The Kier molecular flexibility index (Phi) is 1.63. The van der Waals surface area contributed by atoms with E-state index in [-0.39, 0.29) is 11.9 Å². The first-order valence-electron chi connectivity index (χ1n) is 5.20. The van der Waals surface area contributed by atoms with Gasteiger partial charge in [0.2, 0.25) is 5.91 Å². The van der Waals surface area contributed by atoms with Crippen molar-refractivity contribution >= 4 is 5.91 Å². The van der Waals surface area contributed by atoms with Crippen molar-refractivity contribution in [3.05, 3.63) is 35.9 Å². The third kappa shape index (κ3) is 1.07. The van der Waals surface area contributed by atoms with Crippen LogP contribution >= 0.6 is 0 Å². The Balaban J connectivity index is 1.89. The average molecular weight is 187 g/mol. The molecule has 0 spiro atoms. The molecule has 1 aromatic rings. The van der Waals surface area contributed by atoms with Crippen LogP contribution in [0.5, 0.6) is 0 Å². The number of piperidine rings is 2. The van der Waals surface area contributed by atoms with Gasteiger partial charge in [0.1, 0.15) is 0 Å². The van der Waals surface area contributed by atoms with Crippen LogP contribution in [0.4, 0.5) is 0 Å². The fourth-order valence-electron chi connectivity index (χ4n) is 2.55. The van der Waals surface area contributed by atoms with Crippen molar-refractivity contribution in [1.82, 2.24) is 5.32 Å². The van der Waals surface area contributed by atoms with Crippen LogP contribution in [-0.2, 0) is 4.79 Å². The molecule has 2 bridgehead atoms. The van der Waals surface area contributed by atoms with Crippen LogP contribution in [0.15, 0.2) is 30.3 Å². The van der Waals surface area contributed by atoms with Gasteiger partial charge >= 0.3 is 0 Å². The number of carbonyl (C=O) groups is 1. The molecule has 1 N–H and O–H groups in total. The predicted molar refractivity (Wildman–Crippen MR) is 53.5 cm³/mol. The summed E-state index contributed by atoms with van der Waals surface area (Å²) in [6.45, 7) is 0. The predicted octanol–water partition coefficient (Wildman–Crippen LogP) is 1.88. The van der Waals surface area contributed by atoms with Crippen LogP contribution in [0, 0.1) is 11.8 Å². The molecule has 1 aliphatic carbocycles. The van der Waals surface area contributed by atoms with Gasteiger partial charge in [0.05, 0.1) is 6.04 Å². The summed E-state index contributed by atoms with van der Waals surface area (Å²) in [6.07, 6.45) is 2.18. The Morgan fingerprint density at radius 1 is 1.14 bits per heavy atom. The molecule has 2 heterocycles. The minimum atomic E-state index is 0.251. The number of nitrogens with one attached hydrogen (secondary N) is 1. The van der Waals surface area contributed by atoms with Crippen LogP contribution in [0.25, 0.3) is 0 Å². The highest BCUT2D eigenvalue weighted by molar-refractivity contribution is 5.81. The fourth-order valence-corrected chi connectivity index (χ4v) is 2.55. The summed E-state index contributed by atoms with van der Waals surface area (Å²) >= 11 is 0. The van der Waals surface area contributed by atoms with Gasteiger partial charge in [-0.05, 0) is 24.3 Å². The Labute approximate surface area is 83.3 Å². The van der Waals surface area contributed by atoms with Gasteiger partial charge in [0.25, 0.3) is 0 Å². The van der Waals surface area contributed by atoms with Gasteiger partial charge in [-0.1, -0.05) is 30.3 Å². The monoisotopic (exact) mass is 187 g/mol. The SMILES string of the molecule is O=C1NC(c2ccccc2)C2CC1C2. The lowest BCUT2D eigenvalue weighted by molar-refractivity contribution is -0.136. The molecule has 3 fully saturated rings. The van der Waals surface area contributed by atoms with E-state index in [4.69, 9.17) is 0 Å². The molecule has 0 aromatic heterocycles. The molecule has 1 aromatic carbocycles. The summed E-state index contributed by atoms with van der Waals surface area (Å²) in [5, 5.41) is 3.09. The Morgan fingerprint density at radius 2 is 1.86 bits per heavy atom. The molecular weight excluding hydrogens is 174 g/mol. The standard InChI is InChI=1S/C12H13NO/c14-12-10-6-9(7-10)11(13-12)8-4-2-1-3-5-8/h1-5,9-11H,6-7H2,(H,13,14). The molecule has 2 saturated heterocycles. The van der Waals surface area contributed by atoms with Gasteiger partial charge in [0.15, 0.2) is 0 Å². The number of fused-ring (bicyclic) bond motifs is 2. The minimum absolute atomic E-state index is 0.251. The summed E-state index contributed by atoms with van der Waals surface area (Å²) in [5.41, 5.74) is 1.25. The van der Waals surface area contributed by atoms with E-state index >= 15 is 0 Å². The maximum atomic E-state index is 11.5. The van der Waals surface area contributed by atoms with Crippen molar-refractivity contribution in [1.29, 1.82) is 0 Å². The van der Waals surface area contributed by atoms with Gasteiger partial charge in [-0.3, -0.25) is 4.79 Å². The summed E-state index contributed by atoms with van der Waals surface area (Å²) in [4.78, 5) is 11.5. The largest absolute Gasteiger partial charge is 0.349 e. The van der Waals surface area contributed by atoms with E-state index in [1.807, 2.05) is 18.2 Å². The molecule has 2 aliphatic heterocycles. The van der Waals surface area contributed by atoms with E-state index in [2.05, 4.69) is 17.4 Å². The van der Waals surface area contributed by atoms with Gasteiger partial charge in [-0.25, -0.2) is 0 Å². The van der Waals surface area contributed by atoms with E-state index in [1.165, 1.54) is 5.56 Å². The van der Waals surface area contributed by atoms with Gasteiger partial charge < -0.3 is 5.32 Å². The van der Waals surface area contributed by atoms with Crippen molar-refractivity contribution < 1.29 is 4.79 Å². The number of benzene rings is 1. The van der Waals surface area contributed by atoms with Crippen LogP contribution in [0.2, 0.25) is 0 Å².